The first-order valence-corrected chi connectivity index (χ1v) is 0. The van der Waals surface area contributed by atoms with E-state index in [0.29, 0.717) is 0 Å². The van der Waals surface area contributed by atoms with E-state index in [-0.39, 0.29) is 159 Å². The average molecular weight is 279 g/mol. The maximum atomic E-state index is 0. The first kappa shape index (κ1) is 1090. The number of rotatable bonds is 0. The summed E-state index contributed by atoms with van der Waals surface area (Å²) in [5, 5.41) is 0. The van der Waals surface area contributed by atoms with Crippen LogP contribution in [0.5, 0.6) is 0 Å². The van der Waals surface area contributed by atoms with Gasteiger partial charge in [0.2, 0.25) is 0 Å². The first-order valence-electron chi connectivity index (χ1n) is 0. The zero-order chi connectivity index (χ0) is 0. The first-order chi connectivity index (χ1) is 0. The molecule has 90 valence electrons. The van der Waals surface area contributed by atoms with Crippen LogP contribution in [-0.4, -0.2) is 159 Å². The molecule has 0 rings (SSSR count). The Labute approximate surface area is 157 Å². The number of hydrogen-bond acceptors (Lipinski definition) is 0. The molecule has 0 fully saturated rings. The quantitative estimate of drug-likeness (QED) is 0.373. The molecule has 18 N–H and O–H groups in total. The molecule has 18 radical (unpaired) electrons. The third kappa shape index (κ3) is 760. The molecule has 0 spiro atoms. The van der Waals surface area contributed by atoms with Gasteiger partial charge < -0.3 is 49.3 Å². The minimum absolute atomic E-state index is 0. The van der Waals surface area contributed by atoms with E-state index < -0.39 is 0 Å². The van der Waals surface area contributed by atoms with Crippen molar-refractivity contribution >= 4 is 109 Å². The summed E-state index contributed by atoms with van der Waals surface area (Å²) in [6.07, 6.45) is 0. The molecule has 0 amide bonds. The summed E-state index contributed by atoms with van der Waals surface area (Å²) in [5.74, 6) is 0. The normalized spacial score (nSPS) is 0. The Morgan fingerprint density at radius 1 is 0.250 bits per heavy atom. The van der Waals surface area contributed by atoms with Gasteiger partial charge in [0.1, 0.15) is 0 Å². The summed E-state index contributed by atoms with van der Waals surface area (Å²) >= 11 is 0. The summed E-state index contributed by atoms with van der Waals surface area (Å²) in [7, 11) is 0. The van der Waals surface area contributed by atoms with Gasteiger partial charge in [-0.15, -0.1) is 0 Å². The van der Waals surface area contributed by atoms with E-state index in [9.17, 15) is 0 Å². The van der Waals surface area contributed by atoms with E-state index in [0.717, 1.165) is 0 Å². The van der Waals surface area contributed by atoms with Gasteiger partial charge in [0.15, 0.2) is 0 Å². The zero-order valence-electron chi connectivity index (χ0n) is 9.09. The molecular formula is H18B5CaNaO9. The van der Waals surface area contributed by atoms with Crippen LogP contribution < -0.4 is 0 Å². The summed E-state index contributed by atoms with van der Waals surface area (Å²) in [6, 6.07) is 0. The molecule has 0 aromatic rings. The molecule has 16 heavy (non-hydrogen) atoms. The van der Waals surface area contributed by atoms with Crippen LogP contribution in [0.4, 0.5) is 0 Å². The van der Waals surface area contributed by atoms with E-state index in [1.807, 2.05) is 0 Å². The second-order valence-corrected chi connectivity index (χ2v) is 0. The van der Waals surface area contributed by atoms with E-state index >= 15 is 0 Å². The van der Waals surface area contributed by atoms with Crippen molar-refractivity contribution in [2.24, 2.45) is 0 Å². The topological polar surface area (TPSA) is 284 Å². The van der Waals surface area contributed by atoms with E-state index in [2.05, 4.69) is 0 Å². The van der Waals surface area contributed by atoms with Crippen molar-refractivity contribution in [3.8, 4) is 0 Å². The van der Waals surface area contributed by atoms with E-state index in [1.165, 1.54) is 0 Å². The molecule has 0 heterocycles. The van der Waals surface area contributed by atoms with E-state index in [1.54, 1.807) is 0 Å². The van der Waals surface area contributed by atoms with Gasteiger partial charge in [0.25, 0.3) is 0 Å². The van der Waals surface area contributed by atoms with Crippen molar-refractivity contribution in [2.45, 2.75) is 0 Å². The molecule has 16 heteroatoms. The van der Waals surface area contributed by atoms with Crippen molar-refractivity contribution < 1.29 is 49.3 Å². The maximum absolute atomic E-state index is 0. The Kier molecular flexibility index (Phi) is 62600. The molecule has 0 aliphatic rings. The minimum Gasteiger partial charge on any atom is -0.412 e. The van der Waals surface area contributed by atoms with Crippen molar-refractivity contribution in [1.29, 1.82) is 0 Å². The Morgan fingerprint density at radius 2 is 0.250 bits per heavy atom. The summed E-state index contributed by atoms with van der Waals surface area (Å²) in [6.45, 7) is 0. The monoisotopic (exact) mass is 280 g/mol. The Balaban J connectivity index is 0. The number of hydrogen-bond donors (Lipinski definition) is 0. The van der Waals surface area contributed by atoms with Crippen LogP contribution in [0.15, 0.2) is 0 Å². The molecular weight excluding hydrogens is 261 g/mol. The Morgan fingerprint density at radius 3 is 0.250 bits per heavy atom. The summed E-state index contributed by atoms with van der Waals surface area (Å²) < 4.78 is 0. The molecule has 0 saturated heterocycles. The van der Waals surface area contributed by atoms with Crippen LogP contribution in [0.25, 0.3) is 0 Å². The molecule has 0 saturated carbocycles. The van der Waals surface area contributed by atoms with Crippen LogP contribution in [0.2, 0.25) is 0 Å². The van der Waals surface area contributed by atoms with Gasteiger partial charge in [0, 0.05) is 109 Å². The van der Waals surface area contributed by atoms with Gasteiger partial charge in [-0.1, -0.05) is 0 Å². The van der Waals surface area contributed by atoms with Gasteiger partial charge in [-0.2, -0.15) is 0 Å². The Bertz CT molecular complexity index is 23.9. The van der Waals surface area contributed by atoms with Gasteiger partial charge in [-0.25, -0.2) is 0 Å². The molecule has 0 unspecified atom stereocenters. The zero-order valence-corrected chi connectivity index (χ0v) is 13.3. The average Bonchev–Trinajstić information content (AvgIpc) is 0. The smallest absolute Gasteiger partial charge is 0 e. The molecule has 9 nitrogen and oxygen atoms in total. The van der Waals surface area contributed by atoms with Crippen molar-refractivity contribution in [1.82, 2.24) is 0 Å². The van der Waals surface area contributed by atoms with Crippen molar-refractivity contribution in [3.63, 3.8) is 0 Å². The summed E-state index contributed by atoms with van der Waals surface area (Å²) in [4.78, 5) is 0. The maximum Gasteiger partial charge on any atom is 0 e. The van der Waals surface area contributed by atoms with E-state index in [4.69, 9.17) is 0 Å². The second-order valence-electron chi connectivity index (χ2n) is 0. The van der Waals surface area contributed by atoms with Crippen LogP contribution >= 0.6 is 0 Å². The van der Waals surface area contributed by atoms with Crippen LogP contribution in [0, 0.1) is 0 Å². The van der Waals surface area contributed by atoms with Gasteiger partial charge >= 0.3 is 0 Å². The second kappa shape index (κ2) is 916. The fraction of sp³-hybridized carbons (Fsp3) is 0. The molecule has 0 aromatic carbocycles. The minimum atomic E-state index is 0. The van der Waals surface area contributed by atoms with Crippen molar-refractivity contribution in [3.05, 3.63) is 0 Å². The third-order valence-corrected chi connectivity index (χ3v) is 0. The van der Waals surface area contributed by atoms with Crippen molar-refractivity contribution in [2.75, 3.05) is 0 Å². The standard InChI is InChI=1S/5B.Ca.Na.9H2O/h;;;;;;;9*1H2. The van der Waals surface area contributed by atoms with Gasteiger partial charge in [0.05, 0.1) is 0 Å². The largest absolute Gasteiger partial charge is 0.412 e. The predicted octanol–water partition coefficient (Wildman–Crippen LogP) is -10.1. The molecule has 0 aliphatic heterocycles. The Hall–Kier alpha value is 2.22. The van der Waals surface area contributed by atoms with Crippen LogP contribution in [-0.2, 0) is 0 Å². The molecule has 0 atom stereocenters. The SMILES string of the molecule is O.O.O.O.O.O.O.O.O.[B].[B].[B].[B].[B].[Ca].[Na]. The predicted molar refractivity (Wildman–Crippen MR) is 72.8 cm³/mol. The fourth-order valence-electron chi connectivity index (χ4n) is 0. The van der Waals surface area contributed by atoms with Crippen LogP contribution in [0.3, 0.4) is 0 Å². The molecule has 0 bridgehead atoms. The van der Waals surface area contributed by atoms with Gasteiger partial charge in [-0.05, 0) is 0 Å². The van der Waals surface area contributed by atoms with Crippen LogP contribution in [0.1, 0.15) is 0 Å². The molecule has 0 aliphatic carbocycles. The third-order valence-electron chi connectivity index (χ3n) is 0. The van der Waals surface area contributed by atoms with Gasteiger partial charge in [-0.3, -0.25) is 0 Å². The summed E-state index contributed by atoms with van der Waals surface area (Å²) in [5.41, 5.74) is 0. The molecule has 0 aromatic heterocycles. The fourth-order valence-corrected chi connectivity index (χ4v) is 0.